The lowest BCUT2D eigenvalue weighted by molar-refractivity contribution is -0.141. The first-order valence-electron chi connectivity index (χ1n) is 5.43. The molecule has 0 aromatic carbocycles. The van der Waals surface area contributed by atoms with Crippen molar-refractivity contribution in [1.82, 2.24) is 24.6 Å². The molecule has 0 aliphatic carbocycles. The summed E-state index contributed by atoms with van der Waals surface area (Å²) < 4.78 is 39.5. The highest BCUT2D eigenvalue weighted by Crippen LogP contribution is 2.29. The standard InChI is InChI=1S/C10H7F3N6S/c11-10(12,13)7-1-8(14-2-6-3-20-5-16-6)19-9(18-7)15-4-17-19/h1,3-5,14H,2H2. The van der Waals surface area contributed by atoms with Crippen LogP contribution < -0.4 is 5.32 Å². The molecule has 10 heteroatoms. The summed E-state index contributed by atoms with van der Waals surface area (Å²) in [5.74, 6) is 0.0495. The Morgan fingerprint density at radius 1 is 1.30 bits per heavy atom. The molecule has 0 amide bonds. The predicted octanol–water partition coefficient (Wildman–Crippen LogP) is 2.21. The molecule has 0 aliphatic rings. The van der Waals surface area contributed by atoms with Gasteiger partial charge in [-0.3, -0.25) is 0 Å². The van der Waals surface area contributed by atoms with Gasteiger partial charge in [0, 0.05) is 11.4 Å². The first-order valence-corrected chi connectivity index (χ1v) is 6.37. The minimum absolute atomic E-state index is 0.111. The molecule has 0 spiro atoms. The quantitative estimate of drug-likeness (QED) is 0.803. The molecule has 3 rings (SSSR count). The summed E-state index contributed by atoms with van der Waals surface area (Å²) >= 11 is 1.41. The summed E-state index contributed by atoms with van der Waals surface area (Å²) in [6.45, 7) is 0.291. The summed E-state index contributed by atoms with van der Waals surface area (Å²) in [4.78, 5) is 11.2. The Kier molecular flexibility index (Phi) is 3.01. The van der Waals surface area contributed by atoms with Gasteiger partial charge in [0.1, 0.15) is 12.1 Å². The lowest BCUT2D eigenvalue weighted by atomic mass is 10.3. The summed E-state index contributed by atoms with van der Waals surface area (Å²) in [5, 5.41) is 8.49. The average molecular weight is 300 g/mol. The van der Waals surface area contributed by atoms with E-state index in [2.05, 4.69) is 25.4 Å². The number of hydrogen-bond donors (Lipinski definition) is 1. The lowest BCUT2D eigenvalue weighted by Gasteiger charge is -2.10. The van der Waals surface area contributed by atoms with E-state index in [0.29, 0.717) is 6.54 Å². The molecule has 0 saturated carbocycles. The lowest BCUT2D eigenvalue weighted by Crippen LogP contribution is -2.13. The highest BCUT2D eigenvalue weighted by molar-refractivity contribution is 7.07. The molecular formula is C10H7F3N6S. The van der Waals surface area contributed by atoms with Crippen molar-refractivity contribution >= 4 is 22.9 Å². The van der Waals surface area contributed by atoms with Crippen LogP contribution in [0.4, 0.5) is 19.0 Å². The largest absolute Gasteiger partial charge is 0.433 e. The minimum atomic E-state index is -4.54. The van der Waals surface area contributed by atoms with Gasteiger partial charge in [-0.2, -0.15) is 27.8 Å². The Balaban J connectivity index is 1.97. The maximum Gasteiger partial charge on any atom is 0.433 e. The molecule has 3 heterocycles. The van der Waals surface area contributed by atoms with Crippen LogP contribution in [0, 0.1) is 0 Å². The zero-order chi connectivity index (χ0) is 14.2. The number of anilines is 1. The molecule has 0 radical (unpaired) electrons. The third kappa shape index (κ3) is 2.41. The Morgan fingerprint density at radius 3 is 2.85 bits per heavy atom. The van der Waals surface area contributed by atoms with Gasteiger partial charge in [0.25, 0.3) is 5.78 Å². The van der Waals surface area contributed by atoms with Crippen LogP contribution in [0.25, 0.3) is 5.78 Å². The van der Waals surface area contributed by atoms with Crippen molar-refractivity contribution in [2.75, 3.05) is 5.32 Å². The Morgan fingerprint density at radius 2 is 2.15 bits per heavy atom. The van der Waals surface area contributed by atoms with Crippen LogP contribution in [0.3, 0.4) is 0 Å². The highest BCUT2D eigenvalue weighted by Gasteiger charge is 2.34. The highest BCUT2D eigenvalue weighted by atomic mass is 32.1. The number of rotatable bonds is 3. The molecule has 0 unspecified atom stereocenters. The van der Waals surface area contributed by atoms with Gasteiger partial charge >= 0.3 is 6.18 Å². The van der Waals surface area contributed by atoms with Gasteiger partial charge in [0.05, 0.1) is 17.7 Å². The molecule has 3 aromatic heterocycles. The second-order valence-corrected chi connectivity index (χ2v) is 4.55. The number of alkyl halides is 3. The normalized spacial score (nSPS) is 11.9. The zero-order valence-electron chi connectivity index (χ0n) is 9.79. The number of halogens is 3. The molecule has 0 aliphatic heterocycles. The van der Waals surface area contributed by atoms with Gasteiger partial charge < -0.3 is 5.32 Å². The van der Waals surface area contributed by atoms with E-state index in [9.17, 15) is 13.2 Å². The van der Waals surface area contributed by atoms with E-state index in [1.807, 2.05) is 0 Å². The van der Waals surface area contributed by atoms with E-state index < -0.39 is 11.9 Å². The van der Waals surface area contributed by atoms with Crippen molar-refractivity contribution in [1.29, 1.82) is 0 Å². The van der Waals surface area contributed by atoms with Crippen LogP contribution in [0.15, 0.2) is 23.3 Å². The summed E-state index contributed by atoms with van der Waals surface area (Å²) in [6, 6.07) is 0.897. The maximum absolute atomic E-state index is 12.8. The van der Waals surface area contributed by atoms with Crippen LogP contribution in [-0.2, 0) is 12.7 Å². The van der Waals surface area contributed by atoms with E-state index in [1.165, 1.54) is 15.9 Å². The molecule has 0 bridgehead atoms. The van der Waals surface area contributed by atoms with Crippen molar-refractivity contribution in [3.05, 3.63) is 34.7 Å². The number of aromatic nitrogens is 5. The van der Waals surface area contributed by atoms with Crippen LogP contribution in [-0.4, -0.2) is 24.6 Å². The monoisotopic (exact) mass is 300 g/mol. The van der Waals surface area contributed by atoms with E-state index >= 15 is 0 Å². The first-order chi connectivity index (χ1) is 9.54. The van der Waals surface area contributed by atoms with E-state index in [0.717, 1.165) is 18.1 Å². The van der Waals surface area contributed by atoms with Crippen molar-refractivity contribution in [2.24, 2.45) is 0 Å². The fraction of sp³-hybridized carbons (Fsp3) is 0.200. The van der Waals surface area contributed by atoms with Gasteiger partial charge in [-0.1, -0.05) is 0 Å². The van der Waals surface area contributed by atoms with Gasteiger partial charge in [0.15, 0.2) is 5.69 Å². The second kappa shape index (κ2) is 4.71. The molecule has 3 aromatic rings. The predicted molar refractivity (Wildman–Crippen MR) is 65.2 cm³/mol. The van der Waals surface area contributed by atoms with E-state index in [4.69, 9.17) is 0 Å². The third-order valence-corrected chi connectivity index (χ3v) is 3.11. The van der Waals surface area contributed by atoms with Gasteiger partial charge in [0.2, 0.25) is 0 Å². The molecule has 0 saturated heterocycles. The molecule has 0 atom stereocenters. The smallest absolute Gasteiger partial charge is 0.364 e. The minimum Gasteiger partial charge on any atom is -0.364 e. The molecule has 0 fully saturated rings. The van der Waals surface area contributed by atoms with Crippen LogP contribution in [0.2, 0.25) is 0 Å². The van der Waals surface area contributed by atoms with E-state index in [-0.39, 0.29) is 11.6 Å². The number of fused-ring (bicyclic) bond motifs is 1. The van der Waals surface area contributed by atoms with Crippen LogP contribution in [0.5, 0.6) is 0 Å². The topological polar surface area (TPSA) is 68.0 Å². The summed E-state index contributed by atoms with van der Waals surface area (Å²) in [6.07, 6.45) is -3.39. The molecule has 104 valence electrons. The first kappa shape index (κ1) is 12.8. The second-order valence-electron chi connectivity index (χ2n) is 3.83. The summed E-state index contributed by atoms with van der Waals surface area (Å²) in [7, 11) is 0. The maximum atomic E-state index is 12.8. The fourth-order valence-corrected chi connectivity index (χ4v) is 2.15. The molecular weight excluding hydrogens is 293 g/mol. The van der Waals surface area contributed by atoms with Crippen molar-refractivity contribution in [3.63, 3.8) is 0 Å². The van der Waals surface area contributed by atoms with Crippen molar-refractivity contribution in [3.8, 4) is 0 Å². The van der Waals surface area contributed by atoms with Crippen molar-refractivity contribution < 1.29 is 13.2 Å². The fourth-order valence-electron chi connectivity index (χ4n) is 1.59. The Bertz CT molecular complexity index is 720. The van der Waals surface area contributed by atoms with Gasteiger partial charge in [-0.25, -0.2) is 9.97 Å². The van der Waals surface area contributed by atoms with Crippen molar-refractivity contribution in [2.45, 2.75) is 12.7 Å². The van der Waals surface area contributed by atoms with Crippen LogP contribution >= 0.6 is 11.3 Å². The number of nitrogens with zero attached hydrogens (tertiary/aromatic N) is 5. The number of thiazole rings is 1. The molecule has 20 heavy (non-hydrogen) atoms. The number of nitrogens with one attached hydrogen (secondary N) is 1. The van der Waals surface area contributed by atoms with Gasteiger partial charge in [-0.05, 0) is 0 Å². The molecule has 6 nitrogen and oxygen atoms in total. The Labute approximate surface area is 114 Å². The molecule has 1 N–H and O–H groups in total. The van der Waals surface area contributed by atoms with Crippen LogP contribution in [0.1, 0.15) is 11.4 Å². The van der Waals surface area contributed by atoms with Gasteiger partial charge in [-0.15, -0.1) is 11.3 Å². The van der Waals surface area contributed by atoms with E-state index in [1.54, 1.807) is 10.9 Å². The SMILES string of the molecule is FC(F)(F)c1cc(NCc2cscn2)n2ncnc2n1. The zero-order valence-corrected chi connectivity index (χ0v) is 10.6. The third-order valence-electron chi connectivity index (χ3n) is 2.48. The number of hydrogen-bond acceptors (Lipinski definition) is 6. The summed E-state index contributed by atoms with van der Waals surface area (Å²) in [5.41, 5.74) is 1.36. The Hall–Kier alpha value is -2.23. The average Bonchev–Trinajstić information content (AvgIpc) is 3.05.